The summed E-state index contributed by atoms with van der Waals surface area (Å²) in [7, 11) is 3.27. The minimum absolute atomic E-state index is 0.406. The Morgan fingerprint density at radius 1 is 1.03 bits per heavy atom. The van der Waals surface area contributed by atoms with E-state index in [0.717, 1.165) is 46.5 Å². The van der Waals surface area contributed by atoms with Crippen LogP contribution in [0.1, 0.15) is 30.1 Å². The van der Waals surface area contributed by atoms with Gasteiger partial charge in [-0.15, -0.1) is 10.2 Å². The van der Waals surface area contributed by atoms with E-state index in [-0.39, 0.29) is 0 Å². The molecule has 0 amide bonds. The maximum atomic E-state index is 5.48. The van der Waals surface area contributed by atoms with E-state index < -0.39 is 0 Å². The third kappa shape index (κ3) is 3.41. The molecule has 8 nitrogen and oxygen atoms in total. The van der Waals surface area contributed by atoms with Gasteiger partial charge in [-0.05, 0) is 25.0 Å². The fourth-order valence-electron chi connectivity index (χ4n) is 3.41. The second-order valence-corrected chi connectivity index (χ2v) is 7.21. The molecular formula is C22H21N5O3. The Bertz CT molecular complexity index is 1200. The van der Waals surface area contributed by atoms with E-state index in [2.05, 4.69) is 25.7 Å². The summed E-state index contributed by atoms with van der Waals surface area (Å²) in [5, 5.41) is 18.1. The summed E-state index contributed by atoms with van der Waals surface area (Å²) in [4.78, 5) is 4.53. The molecule has 8 heteroatoms. The van der Waals surface area contributed by atoms with Crippen molar-refractivity contribution in [3.63, 3.8) is 0 Å². The van der Waals surface area contributed by atoms with E-state index >= 15 is 0 Å². The van der Waals surface area contributed by atoms with Crippen molar-refractivity contribution in [2.45, 2.75) is 25.3 Å². The van der Waals surface area contributed by atoms with Gasteiger partial charge in [-0.25, -0.2) is 0 Å². The Labute approximate surface area is 173 Å². The number of nitrogens with zero attached hydrogens (tertiary/aromatic N) is 4. The van der Waals surface area contributed by atoms with E-state index in [0.29, 0.717) is 29.9 Å². The maximum Gasteiger partial charge on any atom is 0.279 e. The summed E-state index contributed by atoms with van der Waals surface area (Å²) in [5.41, 5.74) is 1.58. The van der Waals surface area contributed by atoms with Crippen molar-refractivity contribution in [2.75, 3.05) is 19.5 Å². The molecule has 1 N–H and O–H groups in total. The highest BCUT2D eigenvalue weighted by Crippen LogP contribution is 2.39. The number of hydrogen-bond donors (Lipinski definition) is 1. The molecule has 2 aromatic heterocycles. The summed E-state index contributed by atoms with van der Waals surface area (Å²) in [5.74, 6) is 3.74. The van der Waals surface area contributed by atoms with Crippen LogP contribution in [0.15, 0.2) is 47.0 Å². The number of anilines is 1. The number of rotatable bonds is 7. The van der Waals surface area contributed by atoms with E-state index in [1.807, 2.05) is 42.5 Å². The highest BCUT2D eigenvalue weighted by molar-refractivity contribution is 5.98. The average Bonchev–Trinajstić information content (AvgIpc) is 3.54. The van der Waals surface area contributed by atoms with Crippen LogP contribution in [-0.2, 0) is 6.54 Å². The maximum absolute atomic E-state index is 5.48. The zero-order valence-corrected chi connectivity index (χ0v) is 16.8. The van der Waals surface area contributed by atoms with Crippen molar-refractivity contribution in [3.05, 3.63) is 53.9 Å². The van der Waals surface area contributed by atoms with Gasteiger partial charge in [0.1, 0.15) is 11.5 Å². The summed E-state index contributed by atoms with van der Waals surface area (Å²) in [6.07, 6.45) is 2.23. The normalized spacial score (nSPS) is 13.4. The van der Waals surface area contributed by atoms with E-state index in [1.54, 1.807) is 14.2 Å². The molecule has 1 fully saturated rings. The zero-order valence-electron chi connectivity index (χ0n) is 16.8. The second-order valence-electron chi connectivity index (χ2n) is 7.21. The molecule has 0 saturated heterocycles. The van der Waals surface area contributed by atoms with Gasteiger partial charge >= 0.3 is 0 Å². The Morgan fingerprint density at radius 2 is 1.87 bits per heavy atom. The first-order chi connectivity index (χ1) is 14.8. The lowest BCUT2D eigenvalue weighted by Crippen LogP contribution is -2.05. The average molecular weight is 403 g/mol. The van der Waals surface area contributed by atoms with Crippen molar-refractivity contribution in [3.8, 4) is 23.1 Å². The second kappa shape index (κ2) is 7.62. The van der Waals surface area contributed by atoms with Gasteiger partial charge in [0.05, 0.1) is 14.2 Å². The zero-order chi connectivity index (χ0) is 20.5. The quantitative estimate of drug-likeness (QED) is 0.491. The molecule has 0 radical (unpaired) electrons. The summed E-state index contributed by atoms with van der Waals surface area (Å²) < 4.78 is 16.2. The SMILES string of the molecule is COc1ccc(CNc2nnc(-c3nc(C4CC4)no3)c3ccccc23)c(OC)c1. The van der Waals surface area contributed by atoms with Crippen LogP contribution >= 0.6 is 0 Å². The summed E-state index contributed by atoms with van der Waals surface area (Å²) >= 11 is 0. The van der Waals surface area contributed by atoms with Crippen LogP contribution in [0.5, 0.6) is 11.5 Å². The molecule has 0 atom stereocenters. The van der Waals surface area contributed by atoms with Crippen LogP contribution in [0, 0.1) is 0 Å². The molecule has 1 aliphatic rings. The van der Waals surface area contributed by atoms with Gasteiger partial charge in [0.2, 0.25) is 0 Å². The molecule has 0 unspecified atom stereocenters. The fraction of sp³-hybridized carbons (Fsp3) is 0.273. The lowest BCUT2D eigenvalue weighted by atomic mass is 10.1. The topological polar surface area (TPSA) is 95.2 Å². The van der Waals surface area contributed by atoms with Crippen LogP contribution in [0.4, 0.5) is 5.82 Å². The number of nitrogens with one attached hydrogen (secondary N) is 1. The van der Waals surface area contributed by atoms with Gasteiger partial charge in [-0.3, -0.25) is 0 Å². The molecule has 152 valence electrons. The first-order valence-corrected chi connectivity index (χ1v) is 9.81. The van der Waals surface area contributed by atoms with Crippen molar-refractivity contribution in [2.24, 2.45) is 0 Å². The highest BCUT2D eigenvalue weighted by atomic mass is 16.5. The van der Waals surface area contributed by atoms with Crippen LogP contribution in [0.2, 0.25) is 0 Å². The molecule has 0 spiro atoms. The molecule has 4 aromatic rings. The monoisotopic (exact) mass is 403 g/mol. The number of benzene rings is 2. The Morgan fingerprint density at radius 3 is 2.63 bits per heavy atom. The van der Waals surface area contributed by atoms with E-state index in [4.69, 9.17) is 14.0 Å². The van der Waals surface area contributed by atoms with Gasteiger partial charge in [-0.2, -0.15) is 4.98 Å². The Kier molecular flexibility index (Phi) is 4.66. The van der Waals surface area contributed by atoms with Gasteiger partial charge in [0.15, 0.2) is 17.3 Å². The van der Waals surface area contributed by atoms with Crippen molar-refractivity contribution in [1.82, 2.24) is 20.3 Å². The molecule has 0 bridgehead atoms. The smallest absolute Gasteiger partial charge is 0.279 e. The highest BCUT2D eigenvalue weighted by Gasteiger charge is 2.29. The van der Waals surface area contributed by atoms with Crippen molar-refractivity contribution >= 4 is 16.6 Å². The van der Waals surface area contributed by atoms with Crippen LogP contribution in [-0.4, -0.2) is 34.6 Å². The lowest BCUT2D eigenvalue weighted by Gasteiger charge is -2.13. The standard InChI is InChI=1S/C22H21N5O3/c1-28-15-10-9-14(18(11-15)29-2)12-23-21-17-6-4-3-5-16(17)19(25-26-21)22-24-20(27-30-22)13-7-8-13/h3-6,9-11,13H,7-8,12H2,1-2H3,(H,23,26). The molecule has 0 aliphatic heterocycles. The fourth-order valence-corrected chi connectivity index (χ4v) is 3.41. The molecule has 30 heavy (non-hydrogen) atoms. The lowest BCUT2D eigenvalue weighted by molar-refractivity contribution is 0.391. The largest absolute Gasteiger partial charge is 0.497 e. The number of hydrogen-bond acceptors (Lipinski definition) is 8. The number of ether oxygens (including phenoxy) is 2. The third-order valence-corrected chi connectivity index (χ3v) is 5.21. The minimum atomic E-state index is 0.406. The molecule has 2 aromatic carbocycles. The van der Waals surface area contributed by atoms with Gasteiger partial charge in [-0.1, -0.05) is 29.4 Å². The minimum Gasteiger partial charge on any atom is -0.497 e. The van der Waals surface area contributed by atoms with Gasteiger partial charge in [0, 0.05) is 34.9 Å². The molecule has 1 aliphatic carbocycles. The molecule has 1 saturated carbocycles. The molecule has 5 rings (SSSR count). The van der Waals surface area contributed by atoms with Crippen LogP contribution in [0.3, 0.4) is 0 Å². The number of methoxy groups -OCH3 is 2. The first kappa shape index (κ1) is 18.4. The van der Waals surface area contributed by atoms with Crippen molar-refractivity contribution in [1.29, 1.82) is 0 Å². The summed E-state index contributed by atoms with van der Waals surface area (Å²) in [6, 6.07) is 13.6. The Balaban J connectivity index is 1.46. The Hall–Kier alpha value is -3.68. The molecular weight excluding hydrogens is 382 g/mol. The third-order valence-electron chi connectivity index (χ3n) is 5.21. The molecule has 2 heterocycles. The van der Waals surface area contributed by atoms with Crippen LogP contribution < -0.4 is 14.8 Å². The first-order valence-electron chi connectivity index (χ1n) is 9.81. The number of aromatic nitrogens is 4. The van der Waals surface area contributed by atoms with E-state index in [9.17, 15) is 0 Å². The van der Waals surface area contributed by atoms with Gasteiger partial charge < -0.3 is 19.3 Å². The van der Waals surface area contributed by atoms with Crippen LogP contribution in [0.25, 0.3) is 22.4 Å². The van der Waals surface area contributed by atoms with E-state index in [1.165, 1.54) is 0 Å². The number of fused-ring (bicyclic) bond motifs is 1. The van der Waals surface area contributed by atoms with Crippen molar-refractivity contribution < 1.29 is 14.0 Å². The summed E-state index contributed by atoms with van der Waals surface area (Å²) in [6.45, 7) is 0.525. The predicted molar refractivity (Wildman–Crippen MR) is 112 cm³/mol. The van der Waals surface area contributed by atoms with Gasteiger partial charge in [0.25, 0.3) is 5.89 Å². The predicted octanol–water partition coefficient (Wildman–Crippen LogP) is 4.19.